The van der Waals surface area contributed by atoms with Crippen LogP contribution in [0.1, 0.15) is 6.42 Å². The van der Waals surface area contributed by atoms with Gasteiger partial charge in [0.1, 0.15) is 23.7 Å². The largest absolute Gasteiger partial charge is 0.458 e. The SMILES string of the molecule is Cn1cc(-c2cc(OC3=C(F)CNCC3)c3c(Nc4ccc5ncsc5c4)ncnc3c2)cn1. The number of benzene rings is 2. The van der Waals surface area contributed by atoms with E-state index in [1.807, 2.05) is 49.1 Å². The molecule has 2 aromatic carbocycles. The van der Waals surface area contributed by atoms with E-state index in [-0.39, 0.29) is 12.4 Å². The lowest BCUT2D eigenvalue weighted by Crippen LogP contribution is -2.25. The highest BCUT2D eigenvalue weighted by molar-refractivity contribution is 7.16. The minimum atomic E-state index is -0.298. The summed E-state index contributed by atoms with van der Waals surface area (Å²) in [6.07, 6.45) is 5.67. The molecule has 0 saturated carbocycles. The minimum Gasteiger partial charge on any atom is -0.458 e. The molecule has 8 nitrogen and oxygen atoms in total. The molecule has 3 aromatic heterocycles. The standard InChI is InChI=1S/C24H20FN7OS/c1-32-11-15(9-30-32)14-6-19-23(21(7-14)33-20-4-5-26-10-17(20)25)24(28-12-27-19)31-16-2-3-18-22(8-16)34-13-29-18/h2-3,6-9,11-13,26H,4-5,10H2,1H3,(H,27,28,31). The van der Waals surface area contributed by atoms with Crippen LogP contribution in [0.5, 0.6) is 5.75 Å². The highest BCUT2D eigenvalue weighted by Crippen LogP contribution is 2.38. The fourth-order valence-electron chi connectivity index (χ4n) is 4.01. The first kappa shape index (κ1) is 20.7. The van der Waals surface area contributed by atoms with Crippen molar-refractivity contribution in [2.75, 3.05) is 18.4 Å². The molecule has 0 aliphatic carbocycles. The maximum absolute atomic E-state index is 14.6. The molecule has 0 amide bonds. The van der Waals surface area contributed by atoms with Gasteiger partial charge >= 0.3 is 0 Å². The number of anilines is 2. The summed E-state index contributed by atoms with van der Waals surface area (Å²) >= 11 is 1.57. The summed E-state index contributed by atoms with van der Waals surface area (Å²) in [5.74, 6) is 1.10. The number of nitrogens with one attached hydrogen (secondary N) is 2. The second-order valence-corrected chi connectivity index (χ2v) is 8.90. The Balaban J connectivity index is 1.49. The molecule has 0 atom stereocenters. The van der Waals surface area contributed by atoms with Crippen LogP contribution in [0, 0.1) is 0 Å². The van der Waals surface area contributed by atoms with Gasteiger partial charge in [-0.3, -0.25) is 4.68 Å². The first-order valence-corrected chi connectivity index (χ1v) is 11.7. The molecule has 5 aromatic rings. The van der Waals surface area contributed by atoms with Crippen LogP contribution in [-0.4, -0.2) is 37.8 Å². The highest BCUT2D eigenvalue weighted by atomic mass is 32.1. The fourth-order valence-corrected chi connectivity index (χ4v) is 4.73. The van der Waals surface area contributed by atoms with Crippen LogP contribution in [0.25, 0.3) is 32.2 Å². The van der Waals surface area contributed by atoms with Gasteiger partial charge in [0, 0.05) is 37.5 Å². The van der Waals surface area contributed by atoms with Gasteiger partial charge in [0.05, 0.1) is 39.4 Å². The molecule has 0 spiro atoms. The topological polar surface area (TPSA) is 89.8 Å². The van der Waals surface area contributed by atoms with Gasteiger partial charge in [0.25, 0.3) is 0 Å². The number of ether oxygens (including phenoxy) is 1. The highest BCUT2D eigenvalue weighted by Gasteiger charge is 2.19. The zero-order chi connectivity index (χ0) is 23.1. The number of hydrogen-bond donors (Lipinski definition) is 2. The first-order valence-electron chi connectivity index (χ1n) is 10.8. The number of thiazole rings is 1. The number of nitrogens with zero attached hydrogens (tertiary/aromatic N) is 5. The Morgan fingerprint density at radius 2 is 2.06 bits per heavy atom. The van der Waals surface area contributed by atoms with Crippen molar-refractivity contribution in [3.63, 3.8) is 0 Å². The maximum Gasteiger partial charge on any atom is 0.152 e. The van der Waals surface area contributed by atoms with Crippen LogP contribution < -0.4 is 15.4 Å². The lowest BCUT2D eigenvalue weighted by atomic mass is 10.1. The molecule has 4 heterocycles. The molecule has 0 saturated heterocycles. The van der Waals surface area contributed by atoms with E-state index >= 15 is 0 Å². The average Bonchev–Trinajstić information content (AvgIpc) is 3.49. The van der Waals surface area contributed by atoms with Crippen molar-refractivity contribution in [2.45, 2.75) is 6.42 Å². The van der Waals surface area contributed by atoms with Gasteiger partial charge in [-0.05, 0) is 35.9 Å². The summed E-state index contributed by atoms with van der Waals surface area (Å²) in [6.45, 7) is 0.811. The Labute approximate surface area is 198 Å². The van der Waals surface area contributed by atoms with Crippen molar-refractivity contribution in [3.05, 3.63) is 66.1 Å². The summed E-state index contributed by atoms with van der Waals surface area (Å²) < 4.78 is 23.6. The Morgan fingerprint density at radius 1 is 1.12 bits per heavy atom. The van der Waals surface area contributed by atoms with Gasteiger partial charge < -0.3 is 15.4 Å². The summed E-state index contributed by atoms with van der Waals surface area (Å²) in [5, 5.41) is 11.4. The summed E-state index contributed by atoms with van der Waals surface area (Å²) in [7, 11) is 1.86. The van der Waals surface area contributed by atoms with Crippen molar-refractivity contribution in [1.82, 2.24) is 30.0 Å². The number of aromatic nitrogens is 5. The third-order valence-corrected chi connectivity index (χ3v) is 6.47. The van der Waals surface area contributed by atoms with Crippen molar-refractivity contribution in [2.24, 2.45) is 7.05 Å². The normalized spacial score (nSPS) is 14.2. The smallest absolute Gasteiger partial charge is 0.152 e. The molecule has 0 radical (unpaired) electrons. The Morgan fingerprint density at radius 3 is 2.91 bits per heavy atom. The van der Waals surface area contributed by atoms with Crippen molar-refractivity contribution in [1.29, 1.82) is 0 Å². The van der Waals surface area contributed by atoms with E-state index in [2.05, 4.69) is 30.7 Å². The van der Waals surface area contributed by atoms with Crippen molar-refractivity contribution in [3.8, 4) is 16.9 Å². The van der Waals surface area contributed by atoms with Gasteiger partial charge in [-0.2, -0.15) is 5.10 Å². The van der Waals surface area contributed by atoms with Crippen LogP contribution in [0.3, 0.4) is 0 Å². The minimum absolute atomic E-state index is 0.159. The average molecular weight is 474 g/mol. The Hall–Kier alpha value is -3.89. The zero-order valence-electron chi connectivity index (χ0n) is 18.2. The van der Waals surface area contributed by atoms with Gasteiger partial charge in [0.15, 0.2) is 5.83 Å². The molecule has 0 bridgehead atoms. The molecule has 0 unspecified atom stereocenters. The quantitative estimate of drug-likeness (QED) is 0.374. The molecule has 6 rings (SSSR count). The van der Waals surface area contributed by atoms with Crippen molar-refractivity contribution < 1.29 is 9.13 Å². The molecular weight excluding hydrogens is 453 g/mol. The van der Waals surface area contributed by atoms with Crippen LogP contribution >= 0.6 is 11.3 Å². The molecule has 34 heavy (non-hydrogen) atoms. The molecule has 2 N–H and O–H groups in total. The second-order valence-electron chi connectivity index (χ2n) is 8.01. The molecule has 0 fully saturated rings. The van der Waals surface area contributed by atoms with E-state index < -0.39 is 0 Å². The van der Waals surface area contributed by atoms with Crippen LogP contribution in [0.2, 0.25) is 0 Å². The molecule has 1 aliphatic heterocycles. The zero-order valence-corrected chi connectivity index (χ0v) is 19.1. The first-order chi connectivity index (χ1) is 16.6. The lowest BCUT2D eigenvalue weighted by molar-refractivity contribution is 0.351. The number of fused-ring (bicyclic) bond motifs is 2. The third-order valence-electron chi connectivity index (χ3n) is 5.68. The molecular formula is C24H20FN7OS. The third kappa shape index (κ3) is 3.87. The number of rotatable bonds is 5. The number of halogens is 1. The van der Waals surface area contributed by atoms with E-state index in [9.17, 15) is 4.39 Å². The summed E-state index contributed by atoms with van der Waals surface area (Å²) in [4.78, 5) is 13.3. The van der Waals surface area contributed by atoms with Gasteiger partial charge in [-0.25, -0.2) is 19.3 Å². The van der Waals surface area contributed by atoms with E-state index in [1.54, 1.807) is 22.2 Å². The van der Waals surface area contributed by atoms with E-state index in [0.29, 0.717) is 41.2 Å². The monoisotopic (exact) mass is 473 g/mol. The van der Waals surface area contributed by atoms with Gasteiger partial charge in [-0.15, -0.1) is 11.3 Å². The molecule has 10 heteroatoms. The van der Waals surface area contributed by atoms with Crippen molar-refractivity contribution >= 4 is 44.0 Å². The van der Waals surface area contributed by atoms with Crippen LogP contribution in [-0.2, 0) is 7.05 Å². The maximum atomic E-state index is 14.6. The van der Waals surface area contributed by atoms with Gasteiger partial charge in [0.2, 0.25) is 0 Å². The Kier molecular flexibility index (Phi) is 5.16. The second kappa shape index (κ2) is 8.47. The van der Waals surface area contributed by atoms with E-state index in [0.717, 1.165) is 27.0 Å². The number of hydrogen-bond acceptors (Lipinski definition) is 8. The van der Waals surface area contributed by atoms with Crippen LogP contribution in [0.15, 0.2) is 66.1 Å². The van der Waals surface area contributed by atoms with Crippen LogP contribution in [0.4, 0.5) is 15.9 Å². The fraction of sp³-hybridized carbons (Fsp3) is 0.167. The Bertz CT molecular complexity index is 1560. The lowest BCUT2D eigenvalue weighted by Gasteiger charge is -2.19. The predicted octanol–water partition coefficient (Wildman–Crippen LogP) is 4.94. The summed E-state index contributed by atoms with van der Waals surface area (Å²) in [6, 6.07) is 9.80. The predicted molar refractivity (Wildman–Crippen MR) is 131 cm³/mol. The molecule has 1 aliphatic rings. The summed E-state index contributed by atoms with van der Waals surface area (Å²) in [5.41, 5.74) is 6.11. The van der Waals surface area contributed by atoms with E-state index in [1.165, 1.54) is 6.33 Å². The van der Waals surface area contributed by atoms with E-state index in [4.69, 9.17) is 4.74 Å². The van der Waals surface area contributed by atoms with Gasteiger partial charge in [-0.1, -0.05) is 0 Å². The number of aryl methyl sites for hydroxylation is 1. The molecule has 170 valence electrons.